The molecule has 1 aliphatic rings. The minimum atomic E-state index is 0.286. The van der Waals surface area contributed by atoms with E-state index < -0.39 is 0 Å². The molecular weight excluding hydrogens is 170 g/mol. The van der Waals surface area contributed by atoms with Crippen molar-refractivity contribution in [3.05, 3.63) is 11.9 Å². The van der Waals surface area contributed by atoms with Gasteiger partial charge in [0.2, 0.25) is 5.95 Å². The van der Waals surface area contributed by atoms with Crippen LogP contribution >= 0.6 is 0 Å². The van der Waals surface area contributed by atoms with Gasteiger partial charge in [0.15, 0.2) is 0 Å². The molecule has 0 aromatic carbocycles. The fraction of sp³-hybridized carbons (Fsp3) is 0.167. The van der Waals surface area contributed by atoms with E-state index >= 15 is 0 Å². The van der Waals surface area contributed by atoms with Gasteiger partial charge in [-0.1, -0.05) is 0 Å². The lowest BCUT2D eigenvalue weighted by molar-refractivity contribution is 0.369. The second kappa shape index (κ2) is 2.30. The van der Waals surface area contributed by atoms with Crippen LogP contribution in [0.15, 0.2) is 6.20 Å². The molecule has 0 aliphatic carbocycles. The molecule has 1 aliphatic heterocycles. The first kappa shape index (κ1) is 7.74. The summed E-state index contributed by atoms with van der Waals surface area (Å²) in [6, 6.07) is 0. The summed E-state index contributed by atoms with van der Waals surface area (Å²) < 4.78 is 1.58. The number of anilines is 2. The Kier molecular flexibility index (Phi) is 1.37. The van der Waals surface area contributed by atoms with Crippen molar-refractivity contribution in [3.63, 3.8) is 0 Å². The van der Waals surface area contributed by atoms with E-state index in [0.717, 1.165) is 5.69 Å². The van der Waals surface area contributed by atoms with Crippen LogP contribution in [0, 0.1) is 0 Å². The summed E-state index contributed by atoms with van der Waals surface area (Å²) in [5, 5.41) is 1.43. The first-order valence-electron chi connectivity index (χ1n) is 3.71. The molecule has 1 aromatic heterocycles. The van der Waals surface area contributed by atoms with Crippen molar-refractivity contribution in [1.82, 2.24) is 14.6 Å². The molecule has 0 saturated heterocycles. The highest BCUT2D eigenvalue weighted by molar-refractivity contribution is 5.57. The van der Waals surface area contributed by atoms with E-state index in [2.05, 4.69) is 4.98 Å². The first-order valence-corrected chi connectivity index (χ1v) is 3.71. The van der Waals surface area contributed by atoms with Crippen molar-refractivity contribution < 1.29 is 0 Å². The molecule has 1 aromatic rings. The predicted octanol–water partition coefficient (Wildman–Crippen LogP) is -1.55. The van der Waals surface area contributed by atoms with Gasteiger partial charge in [0.1, 0.15) is 11.6 Å². The zero-order chi connectivity index (χ0) is 9.59. The van der Waals surface area contributed by atoms with Crippen molar-refractivity contribution >= 4 is 17.6 Å². The van der Waals surface area contributed by atoms with E-state index in [1.165, 1.54) is 5.01 Å². The number of fused-ring (bicyclic) bond motifs is 1. The fourth-order valence-corrected chi connectivity index (χ4v) is 1.38. The summed E-state index contributed by atoms with van der Waals surface area (Å²) in [7, 11) is 0. The minimum Gasteiger partial charge on any atom is -0.383 e. The third-order valence-electron chi connectivity index (χ3n) is 1.92. The molecule has 8 N–H and O–H groups in total. The first-order chi connectivity index (χ1) is 6.09. The molecule has 70 valence electrons. The molecule has 0 amide bonds. The molecule has 7 nitrogen and oxygen atoms in total. The van der Waals surface area contributed by atoms with Crippen molar-refractivity contribution in [1.29, 1.82) is 0 Å². The maximum absolute atomic E-state index is 5.68. The Morgan fingerprint density at radius 3 is 2.69 bits per heavy atom. The molecule has 13 heavy (non-hydrogen) atoms. The highest BCUT2D eigenvalue weighted by Gasteiger charge is 2.20. The molecule has 0 unspecified atom stereocenters. The summed E-state index contributed by atoms with van der Waals surface area (Å²) in [5.74, 6) is 6.63. The van der Waals surface area contributed by atoms with Gasteiger partial charge in [-0.25, -0.2) is 5.84 Å². The van der Waals surface area contributed by atoms with Gasteiger partial charge in [-0.15, -0.1) is 0 Å². The van der Waals surface area contributed by atoms with E-state index in [4.69, 9.17) is 23.0 Å². The molecule has 0 saturated carbocycles. The van der Waals surface area contributed by atoms with Gasteiger partial charge in [-0.2, -0.15) is 4.98 Å². The molecule has 0 fully saturated rings. The maximum Gasteiger partial charge on any atom is 0.208 e. The van der Waals surface area contributed by atoms with Gasteiger partial charge in [0, 0.05) is 0 Å². The Balaban J connectivity index is 2.62. The van der Waals surface area contributed by atoms with E-state index in [1.54, 1.807) is 10.8 Å². The zero-order valence-electron chi connectivity index (χ0n) is 6.94. The maximum atomic E-state index is 5.68. The van der Waals surface area contributed by atoms with Crippen LogP contribution in [0.1, 0.15) is 5.69 Å². The Labute approximate surface area is 74.6 Å². The highest BCUT2D eigenvalue weighted by atomic mass is 15.4. The van der Waals surface area contributed by atoms with Crippen molar-refractivity contribution in [3.8, 4) is 0 Å². The molecule has 0 spiro atoms. The number of aromatic nitrogens is 2. The average molecular weight is 181 g/mol. The standard InChI is InChI=1S/C6H11N7/c7-4-2-12(10)1-3-5(8)11-6(9)13(3)4/h2H,1,7-8,10H2,(H2,9,11). The minimum absolute atomic E-state index is 0.286. The molecule has 0 radical (unpaired) electrons. The summed E-state index contributed by atoms with van der Waals surface area (Å²) in [6.07, 6.45) is 1.57. The molecule has 0 bridgehead atoms. The molecular formula is C6H11N7. The summed E-state index contributed by atoms with van der Waals surface area (Å²) in [4.78, 5) is 3.89. The average Bonchev–Trinajstić information content (AvgIpc) is 2.27. The number of nitrogens with two attached hydrogens (primary N) is 4. The molecule has 0 atom stereocenters. The van der Waals surface area contributed by atoms with Crippen LogP contribution in [0.3, 0.4) is 0 Å². The lowest BCUT2D eigenvalue weighted by Gasteiger charge is -2.22. The van der Waals surface area contributed by atoms with Crippen LogP contribution in [0.5, 0.6) is 0 Å². The second-order valence-corrected chi connectivity index (χ2v) is 2.86. The molecule has 2 rings (SSSR count). The number of nitrogens with zero attached hydrogens (tertiary/aromatic N) is 3. The number of hydrogen-bond donors (Lipinski definition) is 4. The van der Waals surface area contributed by atoms with Gasteiger partial charge >= 0.3 is 0 Å². The van der Waals surface area contributed by atoms with Crippen molar-refractivity contribution in [2.24, 2.45) is 11.6 Å². The summed E-state index contributed by atoms with van der Waals surface area (Å²) in [5.41, 5.74) is 17.6. The lowest BCUT2D eigenvalue weighted by Crippen LogP contribution is -2.32. The third-order valence-corrected chi connectivity index (χ3v) is 1.92. The van der Waals surface area contributed by atoms with Crippen LogP contribution in [-0.2, 0) is 6.54 Å². The van der Waals surface area contributed by atoms with Crippen LogP contribution < -0.4 is 23.0 Å². The lowest BCUT2D eigenvalue weighted by atomic mass is 10.3. The van der Waals surface area contributed by atoms with E-state index in [0.29, 0.717) is 18.2 Å². The van der Waals surface area contributed by atoms with E-state index in [-0.39, 0.29) is 5.95 Å². The summed E-state index contributed by atoms with van der Waals surface area (Å²) >= 11 is 0. The van der Waals surface area contributed by atoms with Gasteiger partial charge in [-0.3, -0.25) is 4.57 Å². The Morgan fingerprint density at radius 2 is 2.00 bits per heavy atom. The normalized spacial score (nSPS) is 15.5. The number of hydrazine groups is 1. The van der Waals surface area contributed by atoms with E-state index in [9.17, 15) is 0 Å². The molecule has 2 heterocycles. The number of nitrogen functional groups attached to an aromatic ring is 2. The Bertz CT molecular complexity index is 377. The largest absolute Gasteiger partial charge is 0.383 e. The quantitative estimate of drug-likeness (QED) is 0.359. The SMILES string of the molecule is NC1=CN(N)Cc2c(N)nc(N)n21. The highest BCUT2D eigenvalue weighted by Crippen LogP contribution is 2.23. The van der Waals surface area contributed by atoms with Gasteiger partial charge in [-0.05, 0) is 0 Å². The van der Waals surface area contributed by atoms with E-state index in [1.807, 2.05) is 0 Å². The zero-order valence-corrected chi connectivity index (χ0v) is 6.94. The summed E-state index contributed by atoms with van der Waals surface area (Å²) in [6.45, 7) is 0.455. The number of hydrogen-bond acceptors (Lipinski definition) is 6. The van der Waals surface area contributed by atoms with Crippen LogP contribution in [0.25, 0.3) is 5.82 Å². The van der Waals surface area contributed by atoms with Crippen LogP contribution in [0.2, 0.25) is 0 Å². The van der Waals surface area contributed by atoms with Crippen molar-refractivity contribution in [2.45, 2.75) is 6.54 Å². The number of imidazole rings is 1. The Hall–Kier alpha value is -1.89. The van der Waals surface area contributed by atoms with Crippen LogP contribution in [0.4, 0.5) is 11.8 Å². The fourth-order valence-electron chi connectivity index (χ4n) is 1.38. The van der Waals surface area contributed by atoms with Gasteiger partial charge in [0.05, 0.1) is 18.4 Å². The number of rotatable bonds is 0. The predicted molar refractivity (Wildman–Crippen MR) is 49.2 cm³/mol. The van der Waals surface area contributed by atoms with Gasteiger partial charge in [0.25, 0.3) is 0 Å². The third kappa shape index (κ3) is 0.975. The molecule has 7 heteroatoms. The van der Waals surface area contributed by atoms with Crippen molar-refractivity contribution in [2.75, 3.05) is 11.5 Å². The smallest absolute Gasteiger partial charge is 0.208 e. The Morgan fingerprint density at radius 1 is 1.31 bits per heavy atom. The van der Waals surface area contributed by atoms with Crippen LogP contribution in [-0.4, -0.2) is 14.6 Å². The topological polar surface area (TPSA) is 125 Å². The second-order valence-electron chi connectivity index (χ2n) is 2.86. The monoisotopic (exact) mass is 181 g/mol. The van der Waals surface area contributed by atoms with Gasteiger partial charge < -0.3 is 22.2 Å².